The van der Waals surface area contributed by atoms with Crippen LogP contribution in [0.2, 0.25) is 0 Å². The molecule has 0 saturated carbocycles. The number of ether oxygens (including phenoxy) is 1. The lowest BCUT2D eigenvalue weighted by molar-refractivity contribution is -0.120. The van der Waals surface area contributed by atoms with Gasteiger partial charge in [-0.1, -0.05) is 5.16 Å². The van der Waals surface area contributed by atoms with Gasteiger partial charge < -0.3 is 19.9 Å². The number of carbonyl (C=O) groups is 1. The SMILES string of the molecule is CNC1COCC1C(=O)Nc1cc(C)on1. The minimum absolute atomic E-state index is 0.0630. The molecule has 1 fully saturated rings. The van der Waals surface area contributed by atoms with Crippen LogP contribution in [0.25, 0.3) is 0 Å². The number of carbonyl (C=O) groups excluding carboxylic acids is 1. The smallest absolute Gasteiger partial charge is 0.232 e. The molecule has 2 unspecified atom stereocenters. The number of hydrogen-bond donors (Lipinski definition) is 2. The molecule has 1 aliphatic rings. The number of rotatable bonds is 3. The Labute approximate surface area is 93.3 Å². The van der Waals surface area contributed by atoms with Crippen molar-refractivity contribution in [3.8, 4) is 0 Å². The van der Waals surface area contributed by atoms with Crippen molar-refractivity contribution >= 4 is 11.7 Å². The van der Waals surface area contributed by atoms with Crippen molar-refractivity contribution in [2.45, 2.75) is 13.0 Å². The summed E-state index contributed by atoms with van der Waals surface area (Å²) in [5.74, 6) is 0.847. The number of amides is 1. The first-order valence-corrected chi connectivity index (χ1v) is 5.20. The van der Waals surface area contributed by atoms with Crippen LogP contribution in [-0.4, -0.2) is 37.4 Å². The van der Waals surface area contributed by atoms with E-state index in [1.807, 2.05) is 7.05 Å². The molecule has 1 aromatic rings. The Morgan fingerprint density at radius 3 is 3.00 bits per heavy atom. The highest BCUT2D eigenvalue weighted by Crippen LogP contribution is 2.16. The number of aryl methyl sites for hydroxylation is 1. The summed E-state index contributed by atoms with van der Waals surface area (Å²) in [6.07, 6.45) is 0. The van der Waals surface area contributed by atoms with Crippen LogP contribution in [0, 0.1) is 12.8 Å². The minimum atomic E-state index is -0.179. The van der Waals surface area contributed by atoms with Gasteiger partial charge in [-0.05, 0) is 14.0 Å². The van der Waals surface area contributed by atoms with Crippen molar-refractivity contribution in [3.63, 3.8) is 0 Å². The van der Waals surface area contributed by atoms with Crippen molar-refractivity contribution < 1.29 is 14.1 Å². The molecule has 2 N–H and O–H groups in total. The first kappa shape index (κ1) is 11.1. The van der Waals surface area contributed by atoms with Crippen molar-refractivity contribution in [2.24, 2.45) is 5.92 Å². The minimum Gasteiger partial charge on any atom is -0.379 e. The van der Waals surface area contributed by atoms with E-state index in [1.165, 1.54) is 0 Å². The number of anilines is 1. The van der Waals surface area contributed by atoms with E-state index >= 15 is 0 Å². The monoisotopic (exact) mass is 225 g/mol. The Bertz CT molecular complexity index is 377. The van der Waals surface area contributed by atoms with Gasteiger partial charge in [-0.3, -0.25) is 4.79 Å². The summed E-state index contributed by atoms with van der Waals surface area (Å²) >= 11 is 0. The standard InChI is InChI=1S/C10H15N3O3/c1-6-3-9(13-16-6)12-10(14)7-4-15-5-8(7)11-2/h3,7-8,11H,4-5H2,1-2H3,(H,12,13,14). The molecule has 1 amide bonds. The van der Waals surface area contributed by atoms with Crippen molar-refractivity contribution in [3.05, 3.63) is 11.8 Å². The third-order valence-corrected chi connectivity index (χ3v) is 2.67. The van der Waals surface area contributed by atoms with Gasteiger partial charge in [0, 0.05) is 12.1 Å². The Morgan fingerprint density at radius 1 is 1.56 bits per heavy atom. The van der Waals surface area contributed by atoms with Gasteiger partial charge in [0.1, 0.15) is 5.76 Å². The van der Waals surface area contributed by atoms with Crippen LogP contribution in [-0.2, 0) is 9.53 Å². The van der Waals surface area contributed by atoms with Gasteiger partial charge in [0.05, 0.1) is 19.1 Å². The highest BCUT2D eigenvalue weighted by molar-refractivity contribution is 5.92. The first-order valence-electron chi connectivity index (χ1n) is 5.20. The van der Waals surface area contributed by atoms with E-state index in [0.29, 0.717) is 24.8 Å². The third kappa shape index (κ3) is 2.23. The predicted octanol–water partition coefficient (Wildman–Crippen LogP) is 0.156. The first-order chi connectivity index (χ1) is 7.70. The lowest BCUT2D eigenvalue weighted by atomic mass is 10.0. The maximum absolute atomic E-state index is 11.9. The molecule has 1 aromatic heterocycles. The average Bonchev–Trinajstić information content (AvgIpc) is 2.86. The quantitative estimate of drug-likeness (QED) is 0.766. The Kier molecular flexibility index (Phi) is 3.21. The Balaban J connectivity index is 1.97. The van der Waals surface area contributed by atoms with Gasteiger partial charge in [-0.2, -0.15) is 0 Å². The normalized spacial score (nSPS) is 24.6. The molecule has 0 spiro atoms. The summed E-state index contributed by atoms with van der Waals surface area (Å²) in [6.45, 7) is 2.78. The van der Waals surface area contributed by atoms with Gasteiger partial charge in [-0.15, -0.1) is 0 Å². The zero-order valence-corrected chi connectivity index (χ0v) is 9.32. The second-order valence-corrected chi connectivity index (χ2v) is 3.85. The summed E-state index contributed by atoms with van der Waals surface area (Å²) < 4.78 is 10.1. The molecule has 0 aromatic carbocycles. The fourth-order valence-electron chi connectivity index (χ4n) is 1.74. The van der Waals surface area contributed by atoms with E-state index in [4.69, 9.17) is 9.26 Å². The van der Waals surface area contributed by atoms with Gasteiger partial charge in [0.2, 0.25) is 5.91 Å². The fraction of sp³-hybridized carbons (Fsp3) is 0.600. The van der Waals surface area contributed by atoms with Crippen molar-refractivity contribution in [1.82, 2.24) is 10.5 Å². The second-order valence-electron chi connectivity index (χ2n) is 3.85. The molecular weight excluding hydrogens is 210 g/mol. The molecule has 0 aliphatic carbocycles. The summed E-state index contributed by atoms with van der Waals surface area (Å²) in [5, 5.41) is 9.47. The average molecular weight is 225 g/mol. The van der Waals surface area contributed by atoms with E-state index in [1.54, 1.807) is 13.0 Å². The van der Waals surface area contributed by atoms with Gasteiger partial charge >= 0.3 is 0 Å². The molecule has 1 saturated heterocycles. The largest absolute Gasteiger partial charge is 0.379 e. The van der Waals surface area contributed by atoms with Crippen LogP contribution in [0.4, 0.5) is 5.82 Å². The lowest BCUT2D eigenvalue weighted by Gasteiger charge is -2.14. The predicted molar refractivity (Wildman–Crippen MR) is 57.0 cm³/mol. The zero-order valence-electron chi connectivity index (χ0n) is 9.32. The Morgan fingerprint density at radius 2 is 2.38 bits per heavy atom. The van der Waals surface area contributed by atoms with Crippen LogP contribution < -0.4 is 10.6 Å². The molecule has 2 atom stereocenters. The van der Waals surface area contributed by atoms with E-state index in [2.05, 4.69) is 15.8 Å². The van der Waals surface area contributed by atoms with Gasteiger partial charge in [0.15, 0.2) is 5.82 Å². The molecular formula is C10H15N3O3. The Hall–Kier alpha value is -1.40. The maximum atomic E-state index is 11.9. The molecule has 1 aliphatic heterocycles. The van der Waals surface area contributed by atoms with E-state index < -0.39 is 0 Å². The lowest BCUT2D eigenvalue weighted by Crippen LogP contribution is -2.39. The maximum Gasteiger partial charge on any atom is 0.232 e. The molecule has 2 heterocycles. The van der Waals surface area contributed by atoms with Crippen LogP contribution in [0.5, 0.6) is 0 Å². The highest BCUT2D eigenvalue weighted by Gasteiger charge is 2.33. The summed E-state index contributed by atoms with van der Waals surface area (Å²) in [7, 11) is 1.82. The molecule has 88 valence electrons. The van der Waals surface area contributed by atoms with E-state index in [9.17, 15) is 4.79 Å². The topological polar surface area (TPSA) is 76.4 Å². The number of hydrogen-bond acceptors (Lipinski definition) is 5. The van der Waals surface area contributed by atoms with E-state index in [-0.39, 0.29) is 17.9 Å². The number of likely N-dealkylation sites (N-methyl/N-ethyl adjacent to an activating group) is 1. The van der Waals surface area contributed by atoms with Gasteiger partial charge in [0.25, 0.3) is 0 Å². The number of aromatic nitrogens is 1. The van der Waals surface area contributed by atoms with Crippen LogP contribution >= 0.6 is 0 Å². The van der Waals surface area contributed by atoms with Crippen LogP contribution in [0.15, 0.2) is 10.6 Å². The molecule has 16 heavy (non-hydrogen) atoms. The summed E-state index contributed by atoms with van der Waals surface area (Å²) in [4.78, 5) is 11.9. The molecule has 6 heteroatoms. The molecule has 6 nitrogen and oxygen atoms in total. The number of nitrogens with one attached hydrogen (secondary N) is 2. The zero-order chi connectivity index (χ0) is 11.5. The van der Waals surface area contributed by atoms with Crippen LogP contribution in [0.1, 0.15) is 5.76 Å². The third-order valence-electron chi connectivity index (χ3n) is 2.67. The summed E-state index contributed by atoms with van der Waals surface area (Å²) in [6, 6.07) is 1.75. The van der Waals surface area contributed by atoms with Crippen molar-refractivity contribution in [1.29, 1.82) is 0 Å². The highest BCUT2D eigenvalue weighted by atomic mass is 16.5. The van der Waals surface area contributed by atoms with Crippen molar-refractivity contribution in [2.75, 3.05) is 25.6 Å². The van der Waals surface area contributed by atoms with Crippen LogP contribution in [0.3, 0.4) is 0 Å². The second kappa shape index (κ2) is 4.63. The molecule has 0 bridgehead atoms. The fourth-order valence-corrected chi connectivity index (χ4v) is 1.74. The number of nitrogens with zero attached hydrogens (tertiary/aromatic N) is 1. The van der Waals surface area contributed by atoms with E-state index in [0.717, 1.165) is 0 Å². The molecule has 0 radical (unpaired) electrons. The molecule has 2 rings (SSSR count). The van der Waals surface area contributed by atoms with Gasteiger partial charge in [-0.25, -0.2) is 0 Å². The summed E-state index contributed by atoms with van der Waals surface area (Å²) in [5.41, 5.74) is 0.